The Bertz CT molecular complexity index is 730. The molecule has 7 heteroatoms. The predicted molar refractivity (Wildman–Crippen MR) is 106 cm³/mol. The molecule has 1 aliphatic rings. The minimum absolute atomic E-state index is 0.261. The largest absolute Gasteiger partial charge is 0.493 e. The van der Waals surface area contributed by atoms with Gasteiger partial charge in [0.1, 0.15) is 0 Å². The van der Waals surface area contributed by atoms with Crippen LogP contribution in [-0.2, 0) is 9.53 Å². The van der Waals surface area contributed by atoms with Crippen LogP contribution in [0.3, 0.4) is 0 Å². The highest BCUT2D eigenvalue weighted by Gasteiger charge is 2.33. The van der Waals surface area contributed by atoms with E-state index in [2.05, 4.69) is 17.6 Å². The van der Waals surface area contributed by atoms with E-state index >= 15 is 0 Å². The van der Waals surface area contributed by atoms with Crippen molar-refractivity contribution in [3.63, 3.8) is 0 Å². The lowest BCUT2D eigenvalue weighted by molar-refractivity contribution is -0.139. The minimum Gasteiger partial charge on any atom is -0.493 e. The van der Waals surface area contributed by atoms with Gasteiger partial charge in [-0.25, -0.2) is 9.59 Å². The van der Waals surface area contributed by atoms with Gasteiger partial charge in [-0.3, -0.25) is 0 Å². The summed E-state index contributed by atoms with van der Waals surface area (Å²) in [5.41, 5.74) is 1.77. The Morgan fingerprint density at radius 1 is 1.14 bits per heavy atom. The van der Waals surface area contributed by atoms with Crippen LogP contribution in [-0.4, -0.2) is 32.3 Å². The second-order valence-electron chi connectivity index (χ2n) is 6.51. The summed E-state index contributed by atoms with van der Waals surface area (Å²) in [6.45, 7) is 6.69. The van der Waals surface area contributed by atoms with Crippen molar-refractivity contribution in [3.8, 4) is 11.5 Å². The molecule has 2 N–H and O–H groups in total. The molecule has 1 heterocycles. The Hall–Kier alpha value is -2.70. The lowest BCUT2D eigenvalue weighted by Gasteiger charge is -2.29. The SMILES string of the molecule is CCCCC1=C(C(=O)OCC)C(c2ccc(OCCC)c(OC)c2)NC(=O)N1. The summed E-state index contributed by atoms with van der Waals surface area (Å²) >= 11 is 0. The van der Waals surface area contributed by atoms with Crippen molar-refractivity contribution in [2.75, 3.05) is 20.3 Å². The molecule has 0 radical (unpaired) electrons. The van der Waals surface area contributed by atoms with E-state index in [1.54, 1.807) is 26.2 Å². The van der Waals surface area contributed by atoms with Crippen LogP contribution in [0.5, 0.6) is 11.5 Å². The number of rotatable bonds is 10. The van der Waals surface area contributed by atoms with E-state index < -0.39 is 12.0 Å². The standard InChI is InChI=1S/C21H30N2O5/c1-5-8-9-15-18(20(24)27-7-3)19(23-21(25)22-15)14-10-11-16(28-12-6-2)17(13-14)26-4/h10-11,13,19H,5-9,12H2,1-4H3,(H2,22,23,25). The summed E-state index contributed by atoms with van der Waals surface area (Å²) in [4.78, 5) is 24.9. The molecule has 0 spiro atoms. The molecule has 7 nitrogen and oxygen atoms in total. The number of amides is 2. The first-order chi connectivity index (χ1) is 13.5. The third-order valence-electron chi connectivity index (χ3n) is 4.41. The van der Waals surface area contributed by atoms with E-state index in [1.807, 2.05) is 13.0 Å². The summed E-state index contributed by atoms with van der Waals surface area (Å²) in [6.07, 6.45) is 3.29. The molecule has 1 unspecified atom stereocenters. The second-order valence-corrected chi connectivity index (χ2v) is 6.51. The van der Waals surface area contributed by atoms with Gasteiger partial charge in [0.15, 0.2) is 11.5 Å². The number of carbonyl (C=O) groups is 2. The van der Waals surface area contributed by atoms with Crippen LogP contribution < -0.4 is 20.1 Å². The average molecular weight is 390 g/mol. The molecule has 1 aliphatic heterocycles. The quantitative estimate of drug-likeness (QED) is 0.593. The highest BCUT2D eigenvalue weighted by molar-refractivity contribution is 5.95. The van der Waals surface area contributed by atoms with E-state index in [0.717, 1.165) is 24.8 Å². The molecule has 1 aromatic carbocycles. The first kappa shape index (κ1) is 21.6. The van der Waals surface area contributed by atoms with E-state index in [0.29, 0.717) is 35.8 Å². The molecule has 2 amide bonds. The molecule has 2 rings (SSSR count). The molecule has 0 bridgehead atoms. The van der Waals surface area contributed by atoms with Gasteiger partial charge < -0.3 is 24.8 Å². The van der Waals surface area contributed by atoms with Gasteiger partial charge in [0, 0.05) is 5.70 Å². The number of allylic oxidation sites excluding steroid dienone is 1. The highest BCUT2D eigenvalue weighted by Crippen LogP contribution is 2.35. The Labute approximate surface area is 166 Å². The maximum atomic E-state index is 12.7. The Balaban J connectivity index is 2.46. The fourth-order valence-corrected chi connectivity index (χ4v) is 3.06. The Morgan fingerprint density at radius 2 is 1.93 bits per heavy atom. The molecule has 1 aromatic rings. The molecule has 0 aliphatic carbocycles. The van der Waals surface area contributed by atoms with Gasteiger partial charge in [0.2, 0.25) is 0 Å². The van der Waals surface area contributed by atoms with Gasteiger partial charge in [0.05, 0.1) is 31.9 Å². The number of methoxy groups -OCH3 is 1. The summed E-state index contributed by atoms with van der Waals surface area (Å²) in [5, 5.41) is 5.62. The number of unbranched alkanes of at least 4 members (excludes halogenated alkanes) is 1. The number of urea groups is 1. The summed E-state index contributed by atoms with van der Waals surface area (Å²) < 4.78 is 16.4. The third kappa shape index (κ3) is 5.18. The van der Waals surface area contributed by atoms with Crippen molar-refractivity contribution in [1.29, 1.82) is 0 Å². The van der Waals surface area contributed by atoms with Gasteiger partial charge in [-0.1, -0.05) is 26.3 Å². The molecule has 0 fully saturated rings. The molecule has 1 atom stereocenters. The van der Waals surface area contributed by atoms with Crippen LogP contribution in [0.1, 0.15) is 58.1 Å². The van der Waals surface area contributed by atoms with Crippen LogP contribution in [0.4, 0.5) is 4.79 Å². The first-order valence-electron chi connectivity index (χ1n) is 9.84. The molecule has 0 saturated heterocycles. The van der Waals surface area contributed by atoms with Gasteiger partial charge in [0.25, 0.3) is 0 Å². The minimum atomic E-state index is -0.617. The summed E-state index contributed by atoms with van der Waals surface area (Å²) in [7, 11) is 1.56. The average Bonchev–Trinajstić information content (AvgIpc) is 2.70. The number of hydrogen-bond acceptors (Lipinski definition) is 5. The molecule has 28 heavy (non-hydrogen) atoms. The maximum absolute atomic E-state index is 12.7. The topological polar surface area (TPSA) is 85.9 Å². The maximum Gasteiger partial charge on any atom is 0.338 e. The van der Waals surface area contributed by atoms with Crippen molar-refractivity contribution < 1.29 is 23.8 Å². The third-order valence-corrected chi connectivity index (χ3v) is 4.41. The molecule has 0 aromatic heterocycles. The molecule has 0 saturated carbocycles. The number of nitrogens with one attached hydrogen (secondary N) is 2. The van der Waals surface area contributed by atoms with E-state index in [9.17, 15) is 9.59 Å². The van der Waals surface area contributed by atoms with Gasteiger partial charge in [-0.15, -0.1) is 0 Å². The summed E-state index contributed by atoms with van der Waals surface area (Å²) in [6, 6.07) is 4.47. The van der Waals surface area contributed by atoms with Crippen molar-refractivity contribution in [2.24, 2.45) is 0 Å². The van der Waals surface area contributed by atoms with Crippen molar-refractivity contribution >= 4 is 12.0 Å². The zero-order chi connectivity index (χ0) is 20.5. The van der Waals surface area contributed by atoms with Crippen LogP contribution >= 0.6 is 0 Å². The van der Waals surface area contributed by atoms with E-state index in [-0.39, 0.29) is 12.6 Å². The number of benzene rings is 1. The van der Waals surface area contributed by atoms with Gasteiger partial charge in [-0.2, -0.15) is 0 Å². The van der Waals surface area contributed by atoms with Crippen LogP contribution in [0.2, 0.25) is 0 Å². The van der Waals surface area contributed by atoms with Crippen LogP contribution in [0, 0.1) is 0 Å². The highest BCUT2D eigenvalue weighted by atomic mass is 16.5. The number of hydrogen-bond donors (Lipinski definition) is 2. The number of ether oxygens (including phenoxy) is 3. The number of carbonyl (C=O) groups excluding carboxylic acids is 2. The lowest BCUT2D eigenvalue weighted by atomic mass is 9.93. The van der Waals surface area contributed by atoms with Crippen molar-refractivity contribution in [3.05, 3.63) is 35.0 Å². The zero-order valence-electron chi connectivity index (χ0n) is 17.1. The lowest BCUT2D eigenvalue weighted by Crippen LogP contribution is -2.46. The Morgan fingerprint density at radius 3 is 2.57 bits per heavy atom. The fourth-order valence-electron chi connectivity index (χ4n) is 3.06. The van der Waals surface area contributed by atoms with Crippen molar-refractivity contribution in [1.82, 2.24) is 10.6 Å². The first-order valence-corrected chi connectivity index (χ1v) is 9.84. The van der Waals surface area contributed by atoms with Crippen LogP contribution in [0.25, 0.3) is 0 Å². The molecular weight excluding hydrogens is 360 g/mol. The van der Waals surface area contributed by atoms with Crippen LogP contribution in [0.15, 0.2) is 29.5 Å². The Kier molecular flexibility index (Phi) is 8.17. The molecular formula is C21H30N2O5. The van der Waals surface area contributed by atoms with E-state index in [1.165, 1.54) is 0 Å². The molecule has 154 valence electrons. The van der Waals surface area contributed by atoms with Gasteiger partial charge >= 0.3 is 12.0 Å². The fraction of sp³-hybridized carbons (Fsp3) is 0.524. The smallest absolute Gasteiger partial charge is 0.338 e. The second kappa shape index (κ2) is 10.6. The summed E-state index contributed by atoms with van der Waals surface area (Å²) in [5.74, 6) is 0.745. The number of esters is 1. The van der Waals surface area contributed by atoms with Gasteiger partial charge in [-0.05, 0) is 43.9 Å². The van der Waals surface area contributed by atoms with Crippen molar-refractivity contribution in [2.45, 2.75) is 52.5 Å². The normalized spacial score (nSPS) is 16.3. The van der Waals surface area contributed by atoms with E-state index in [4.69, 9.17) is 14.2 Å². The monoisotopic (exact) mass is 390 g/mol. The zero-order valence-corrected chi connectivity index (χ0v) is 17.1. The predicted octanol–water partition coefficient (Wildman–Crippen LogP) is 3.85.